The van der Waals surface area contributed by atoms with E-state index < -0.39 is 8.32 Å². The summed E-state index contributed by atoms with van der Waals surface area (Å²) in [6.45, 7) is 16.5. The zero-order valence-electron chi connectivity index (χ0n) is 15.5. The molecular formula is C19H32O3Si. The van der Waals surface area contributed by atoms with Crippen LogP contribution in [-0.2, 0) is 15.8 Å². The van der Waals surface area contributed by atoms with Crippen LogP contribution in [-0.4, -0.2) is 28.1 Å². The highest BCUT2D eigenvalue weighted by molar-refractivity contribution is 6.74. The number of ether oxygens (including phenoxy) is 2. The SMILES string of the molecule is C=C[C@@H](CCOCc1ccc(OC)cc1)O[Si](C)(C)C(C)(C)C. The number of rotatable bonds is 9. The zero-order chi connectivity index (χ0) is 17.5. The lowest BCUT2D eigenvalue weighted by atomic mass is 10.2. The van der Waals surface area contributed by atoms with Crippen molar-refractivity contribution in [2.75, 3.05) is 13.7 Å². The summed E-state index contributed by atoms with van der Waals surface area (Å²) in [5.41, 5.74) is 1.14. The molecule has 3 nitrogen and oxygen atoms in total. The van der Waals surface area contributed by atoms with E-state index in [1.807, 2.05) is 30.3 Å². The second-order valence-corrected chi connectivity index (χ2v) is 12.1. The van der Waals surface area contributed by atoms with Crippen LogP contribution in [0.4, 0.5) is 0 Å². The van der Waals surface area contributed by atoms with Crippen LogP contribution in [0.25, 0.3) is 0 Å². The maximum absolute atomic E-state index is 6.36. The minimum atomic E-state index is -1.76. The minimum Gasteiger partial charge on any atom is -0.497 e. The van der Waals surface area contributed by atoms with Gasteiger partial charge in [0, 0.05) is 6.61 Å². The van der Waals surface area contributed by atoms with Crippen molar-refractivity contribution in [2.24, 2.45) is 0 Å². The Morgan fingerprint density at radius 3 is 2.26 bits per heavy atom. The second kappa shape index (κ2) is 8.67. The molecule has 0 amide bonds. The summed E-state index contributed by atoms with van der Waals surface area (Å²) in [4.78, 5) is 0. The molecule has 0 heterocycles. The molecule has 1 aromatic rings. The Morgan fingerprint density at radius 1 is 1.17 bits per heavy atom. The lowest BCUT2D eigenvalue weighted by molar-refractivity contribution is 0.0908. The molecule has 23 heavy (non-hydrogen) atoms. The Labute approximate surface area is 142 Å². The number of benzene rings is 1. The van der Waals surface area contributed by atoms with Crippen molar-refractivity contribution in [1.29, 1.82) is 0 Å². The highest BCUT2D eigenvalue weighted by Crippen LogP contribution is 2.37. The van der Waals surface area contributed by atoms with Gasteiger partial charge in [0.05, 0.1) is 19.8 Å². The molecule has 130 valence electrons. The lowest BCUT2D eigenvalue weighted by Crippen LogP contribution is -2.43. The summed E-state index contributed by atoms with van der Waals surface area (Å²) in [5, 5.41) is 0.207. The highest BCUT2D eigenvalue weighted by Gasteiger charge is 2.38. The molecule has 0 radical (unpaired) electrons. The van der Waals surface area contributed by atoms with Crippen LogP contribution in [0.15, 0.2) is 36.9 Å². The van der Waals surface area contributed by atoms with Gasteiger partial charge < -0.3 is 13.9 Å². The van der Waals surface area contributed by atoms with E-state index in [4.69, 9.17) is 13.9 Å². The fraction of sp³-hybridized carbons (Fsp3) is 0.579. The molecule has 0 saturated carbocycles. The minimum absolute atomic E-state index is 0.0618. The molecule has 0 aliphatic heterocycles. The van der Waals surface area contributed by atoms with E-state index in [1.165, 1.54) is 0 Å². The third kappa shape index (κ3) is 6.49. The fourth-order valence-electron chi connectivity index (χ4n) is 1.89. The fourth-order valence-corrected chi connectivity index (χ4v) is 3.22. The zero-order valence-corrected chi connectivity index (χ0v) is 16.5. The first kappa shape index (κ1) is 19.9. The molecule has 4 heteroatoms. The summed E-state index contributed by atoms with van der Waals surface area (Å²) in [6, 6.07) is 7.95. The average Bonchev–Trinajstić information content (AvgIpc) is 2.49. The van der Waals surface area contributed by atoms with E-state index in [-0.39, 0.29) is 11.1 Å². The van der Waals surface area contributed by atoms with Gasteiger partial charge in [-0.2, -0.15) is 0 Å². The maximum atomic E-state index is 6.36. The first-order chi connectivity index (χ1) is 10.7. The van der Waals surface area contributed by atoms with Crippen molar-refractivity contribution >= 4 is 8.32 Å². The van der Waals surface area contributed by atoms with Gasteiger partial charge in [-0.1, -0.05) is 39.0 Å². The molecule has 0 aromatic heterocycles. The summed E-state index contributed by atoms with van der Waals surface area (Å²) < 4.78 is 17.3. The molecule has 0 aliphatic carbocycles. The largest absolute Gasteiger partial charge is 0.497 e. The molecule has 0 bridgehead atoms. The van der Waals surface area contributed by atoms with Crippen molar-refractivity contribution < 1.29 is 13.9 Å². The first-order valence-electron chi connectivity index (χ1n) is 8.20. The van der Waals surface area contributed by atoms with E-state index >= 15 is 0 Å². The molecule has 0 saturated heterocycles. The maximum Gasteiger partial charge on any atom is 0.192 e. The average molecular weight is 337 g/mol. The van der Waals surface area contributed by atoms with E-state index in [0.717, 1.165) is 17.7 Å². The number of hydrogen-bond donors (Lipinski definition) is 0. The molecular weight excluding hydrogens is 304 g/mol. The smallest absolute Gasteiger partial charge is 0.192 e. The van der Waals surface area contributed by atoms with Crippen LogP contribution in [0.3, 0.4) is 0 Å². The van der Waals surface area contributed by atoms with Crippen LogP contribution in [0, 0.1) is 0 Å². The molecule has 1 aromatic carbocycles. The molecule has 0 unspecified atom stereocenters. The normalized spacial score (nSPS) is 13.7. The van der Waals surface area contributed by atoms with Crippen LogP contribution in [0.2, 0.25) is 18.1 Å². The van der Waals surface area contributed by atoms with Gasteiger partial charge in [0.2, 0.25) is 0 Å². The lowest BCUT2D eigenvalue weighted by Gasteiger charge is -2.38. The van der Waals surface area contributed by atoms with Gasteiger partial charge in [-0.05, 0) is 42.2 Å². The third-order valence-electron chi connectivity index (χ3n) is 4.49. The predicted molar refractivity (Wildman–Crippen MR) is 99.5 cm³/mol. The number of methoxy groups -OCH3 is 1. The summed E-state index contributed by atoms with van der Waals surface area (Å²) in [7, 11) is -0.0944. The van der Waals surface area contributed by atoms with Gasteiger partial charge in [-0.15, -0.1) is 6.58 Å². The van der Waals surface area contributed by atoms with Crippen molar-refractivity contribution in [2.45, 2.75) is 58.0 Å². The molecule has 0 fully saturated rings. The predicted octanol–water partition coefficient (Wildman–Crippen LogP) is 5.18. The van der Waals surface area contributed by atoms with Crippen molar-refractivity contribution in [3.8, 4) is 5.75 Å². The Balaban J connectivity index is 2.38. The van der Waals surface area contributed by atoms with Gasteiger partial charge >= 0.3 is 0 Å². The standard InChI is InChI=1S/C19H32O3Si/c1-8-17(22-23(6,7)19(2,3)4)13-14-21-15-16-9-11-18(20-5)12-10-16/h8-12,17H,1,13-15H2,2-7H3/t17-/m0/s1. The van der Waals surface area contributed by atoms with Crippen molar-refractivity contribution in [3.05, 3.63) is 42.5 Å². The summed E-state index contributed by atoms with van der Waals surface area (Å²) in [5.74, 6) is 0.864. The van der Waals surface area contributed by atoms with E-state index in [2.05, 4.69) is 40.4 Å². The van der Waals surface area contributed by atoms with Crippen molar-refractivity contribution in [1.82, 2.24) is 0 Å². The monoisotopic (exact) mass is 336 g/mol. The van der Waals surface area contributed by atoms with E-state index in [9.17, 15) is 0 Å². The third-order valence-corrected chi connectivity index (χ3v) is 8.99. The molecule has 0 N–H and O–H groups in total. The topological polar surface area (TPSA) is 27.7 Å². The van der Waals surface area contributed by atoms with E-state index in [0.29, 0.717) is 13.2 Å². The van der Waals surface area contributed by atoms with Gasteiger partial charge in [0.15, 0.2) is 8.32 Å². The van der Waals surface area contributed by atoms with E-state index in [1.54, 1.807) is 7.11 Å². The molecule has 0 aliphatic rings. The molecule has 1 rings (SSSR count). The summed E-state index contributed by atoms with van der Waals surface area (Å²) in [6.07, 6.45) is 2.80. The summed E-state index contributed by atoms with van der Waals surface area (Å²) >= 11 is 0. The Hall–Kier alpha value is -1.10. The van der Waals surface area contributed by atoms with Crippen LogP contribution in [0.5, 0.6) is 5.75 Å². The number of hydrogen-bond acceptors (Lipinski definition) is 3. The van der Waals surface area contributed by atoms with Gasteiger partial charge in [0.1, 0.15) is 5.75 Å². The first-order valence-corrected chi connectivity index (χ1v) is 11.1. The Kier molecular flexibility index (Phi) is 7.51. The molecule has 0 spiro atoms. The van der Waals surface area contributed by atoms with Crippen LogP contribution in [0.1, 0.15) is 32.8 Å². The van der Waals surface area contributed by atoms with Gasteiger partial charge in [-0.25, -0.2) is 0 Å². The quantitative estimate of drug-likeness (QED) is 0.353. The molecule has 1 atom stereocenters. The Morgan fingerprint density at radius 2 is 1.78 bits per heavy atom. The highest BCUT2D eigenvalue weighted by atomic mass is 28.4. The second-order valence-electron chi connectivity index (χ2n) is 7.34. The van der Waals surface area contributed by atoms with Gasteiger partial charge in [0.25, 0.3) is 0 Å². The van der Waals surface area contributed by atoms with Crippen LogP contribution < -0.4 is 4.74 Å². The Bertz CT molecular complexity index is 474. The van der Waals surface area contributed by atoms with Crippen molar-refractivity contribution in [3.63, 3.8) is 0 Å². The van der Waals surface area contributed by atoms with Gasteiger partial charge in [-0.3, -0.25) is 0 Å². The van der Waals surface area contributed by atoms with Crippen LogP contribution >= 0.6 is 0 Å².